The third-order valence-corrected chi connectivity index (χ3v) is 7.30. The summed E-state index contributed by atoms with van der Waals surface area (Å²) < 4.78 is 0. The number of fused-ring (bicyclic) bond motifs is 2. The average Bonchev–Trinajstić information content (AvgIpc) is 3.61. The second-order valence-electron chi connectivity index (χ2n) is 10.5. The van der Waals surface area contributed by atoms with Gasteiger partial charge in [0.05, 0.1) is 5.56 Å². The van der Waals surface area contributed by atoms with Crippen LogP contribution in [-0.2, 0) is 16.0 Å². The van der Waals surface area contributed by atoms with Crippen LogP contribution in [0.1, 0.15) is 39.3 Å². The summed E-state index contributed by atoms with van der Waals surface area (Å²) in [6.07, 6.45) is 3.78. The van der Waals surface area contributed by atoms with Crippen molar-refractivity contribution in [3.05, 3.63) is 96.1 Å². The molecule has 45 heavy (non-hydrogen) atoms. The van der Waals surface area contributed by atoms with E-state index in [-0.39, 0.29) is 50.0 Å². The summed E-state index contributed by atoms with van der Waals surface area (Å²) in [5, 5.41) is 18.5. The molecule has 0 fully saturated rings. The van der Waals surface area contributed by atoms with Gasteiger partial charge in [-0.2, -0.15) is 5.10 Å². The number of hydrogen-bond acceptors (Lipinski definition) is 8. The quantitative estimate of drug-likeness (QED) is 0.233. The summed E-state index contributed by atoms with van der Waals surface area (Å²) in [7, 11) is 0. The van der Waals surface area contributed by atoms with Gasteiger partial charge in [0.2, 0.25) is 11.8 Å². The molecule has 3 heterocycles. The number of carbonyl (C=O) groups excluding carboxylic acids is 4. The fourth-order valence-corrected chi connectivity index (χ4v) is 5.02. The van der Waals surface area contributed by atoms with Crippen LogP contribution in [0.3, 0.4) is 0 Å². The zero-order chi connectivity index (χ0) is 31.4. The largest absolute Gasteiger partial charge is 0.383 e. The number of H-pyrrole nitrogens is 1. The van der Waals surface area contributed by atoms with Crippen LogP contribution in [0.2, 0.25) is 0 Å². The first-order valence-corrected chi connectivity index (χ1v) is 14.8. The van der Waals surface area contributed by atoms with Crippen molar-refractivity contribution in [1.82, 2.24) is 41.0 Å². The number of anilines is 1. The van der Waals surface area contributed by atoms with Crippen LogP contribution >= 0.6 is 0 Å². The lowest BCUT2D eigenvalue weighted by Gasteiger charge is -2.25. The van der Waals surface area contributed by atoms with Crippen LogP contribution in [0.4, 0.5) is 5.69 Å². The third-order valence-electron chi connectivity index (χ3n) is 7.30. The van der Waals surface area contributed by atoms with Crippen molar-refractivity contribution in [2.75, 3.05) is 38.0 Å². The van der Waals surface area contributed by atoms with E-state index in [9.17, 15) is 19.2 Å². The maximum Gasteiger partial charge on any atom is 0.270 e. The molecule has 13 heteroatoms. The molecule has 1 aliphatic rings. The fourth-order valence-electron chi connectivity index (χ4n) is 5.02. The molecule has 0 saturated carbocycles. The molecule has 5 rings (SSSR count). The lowest BCUT2D eigenvalue weighted by Crippen LogP contribution is -2.50. The van der Waals surface area contributed by atoms with Crippen molar-refractivity contribution < 1.29 is 19.2 Å². The molecule has 5 N–H and O–H groups in total. The summed E-state index contributed by atoms with van der Waals surface area (Å²) in [6, 6.07) is 18.9. The second kappa shape index (κ2) is 15.2. The van der Waals surface area contributed by atoms with Gasteiger partial charge in [-0.1, -0.05) is 48.5 Å². The standard InChI is InChI=1S/C32H35N9O4/c42-28-11-6-17-41(32(45)25-10-5-4-9-24(25)29-37-21-38-40-29)18-16-36-30(43)27(19-22-7-2-1-3-8-22)39-31(44)26-20-23(12-13-34-26)33-14-15-35-28/h1-5,7-10,12-13,20-21,27,33H,6,11,14-19H2,(H,35,42)(H,36,43)(H,39,44)(H,37,38,40)/t27-/m0/s1. The van der Waals surface area contributed by atoms with Crippen molar-refractivity contribution in [2.24, 2.45) is 0 Å². The van der Waals surface area contributed by atoms with Crippen LogP contribution in [0, 0.1) is 0 Å². The number of hydrogen-bond donors (Lipinski definition) is 5. The zero-order valence-corrected chi connectivity index (χ0v) is 24.7. The summed E-state index contributed by atoms with van der Waals surface area (Å²) in [4.78, 5) is 63.1. The Hall–Kier alpha value is -5.59. The number of carbonyl (C=O) groups is 4. The summed E-state index contributed by atoms with van der Waals surface area (Å²) in [5.41, 5.74) is 2.68. The first kappa shape index (κ1) is 30.9. The van der Waals surface area contributed by atoms with Crippen LogP contribution in [0.5, 0.6) is 0 Å². The van der Waals surface area contributed by atoms with E-state index in [4.69, 9.17) is 0 Å². The van der Waals surface area contributed by atoms with Gasteiger partial charge in [-0.05, 0) is 30.2 Å². The van der Waals surface area contributed by atoms with E-state index in [2.05, 4.69) is 41.4 Å². The molecule has 1 atom stereocenters. The van der Waals surface area contributed by atoms with Gasteiger partial charge in [0.25, 0.3) is 11.8 Å². The molecule has 0 aliphatic carbocycles. The van der Waals surface area contributed by atoms with Gasteiger partial charge in [-0.15, -0.1) is 0 Å². The zero-order valence-electron chi connectivity index (χ0n) is 24.7. The average molecular weight is 610 g/mol. The van der Waals surface area contributed by atoms with Gasteiger partial charge in [0.15, 0.2) is 5.82 Å². The number of aromatic nitrogens is 4. The van der Waals surface area contributed by atoms with E-state index < -0.39 is 17.9 Å². The summed E-state index contributed by atoms with van der Waals surface area (Å²) >= 11 is 0. The number of aromatic amines is 1. The van der Waals surface area contributed by atoms with Gasteiger partial charge < -0.3 is 26.2 Å². The number of benzene rings is 2. The fraction of sp³-hybridized carbons (Fsp3) is 0.281. The Kier molecular flexibility index (Phi) is 10.4. The SMILES string of the molecule is O=C1CCCN(C(=O)c2ccccc2-c2ncn[nH]2)CCNC(=O)[C@H](Cc2ccccc2)NC(=O)c2cc(ccn2)NCCN1. The Labute approximate surface area is 260 Å². The molecule has 2 bridgehead atoms. The lowest BCUT2D eigenvalue weighted by molar-refractivity contribution is -0.123. The van der Waals surface area contributed by atoms with Crippen molar-refractivity contribution >= 4 is 29.3 Å². The maximum absolute atomic E-state index is 13.9. The van der Waals surface area contributed by atoms with Crippen molar-refractivity contribution in [3.63, 3.8) is 0 Å². The van der Waals surface area contributed by atoms with E-state index in [0.717, 1.165) is 5.56 Å². The van der Waals surface area contributed by atoms with Crippen LogP contribution in [0.25, 0.3) is 11.4 Å². The van der Waals surface area contributed by atoms with E-state index in [1.807, 2.05) is 36.4 Å². The summed E-state index contributed by atoms with van der Waals surface area (Å²) in [5.74, 6) is -0.853. The normalized spacial score (nSPS) is 17.0. The van der Waals surface area contributed by atoms with Crippen molar-refractivity contribution in [2.45, 2.75) is 25.3 Å². The Morgan fingerprint density at radius 3 is 2.49 bits per heavy atom. The molecule has 1 aliphatic heterocycles. The second-order valence-corrected chi connectivity index (χ2v) is 10.5. The predicted octanol–water partition coefficient (Wildman–Crippen LogP) is 1.79. The highest BCUT2D eigenvalue weighted by molar-refractivity contribution is 6.00. The molecule has 232 valence electrons. The first-order valence-electron chi connectivity index (χ1n) is 14.8. The Bertz CT molecular complexity index is 1610. The molecular formula is C32H35N9O4. The van der Waals surface area contributed by atoms with Gasteiger partial charge in [0, 0.05) is 63.0 Å². The molecule has 0 unspecified atom stereocenters. The molecule has 4 aromatic rings. The number of rotatable bonds is 4. The number of amides is 4. The minimum Gasteiger partial charge on any atom is -0.383 e. The van der Waals surface area contributed by atoms with E-state index in [1.54, 1.807) is 35.2 Å². The Morgan fingerprint density at radius 1 is 0.867 bits per heavy atom. The molecule has 2 aromatic carbocycles. The molecule has 0 spiro atoms. The highest BCUT2D eigenvalue weighted by Gasteiger charge is 2.25. The van der Waals surface area contributed by atoms with Gasteiger partial charge in [-0.25, -0.2) is 4.98 Å². The lowest BCUT2D eigenvalue weighted by atomic mass is 10.0. The first-order chi connectivity index (χ1) is 22.0. The van der Waals surface area contributed by atoms with Crippen LogP contribution in [-0.4, -0.2) is 87.5 Å². The van der Waals surface area contributed by atoms with Crippen molar-refractivity contribution in [1.29, 1.82) is 0 Å². The number of pyridine rings is 1. The van der Waals surface area contributed by atoms with Gasteiger partial charge in [-0.3, -0.25) is 29.3 Å². The van der Waals surface area contributed by atoms with E-state index >= 15 is 0 Å². The number of nitrogens with zero attached hydrogens (tertiary/aromatic N) is 4. The third kappa shape index (κ3) is 8.50. The number of nitrogens with one attached hydrogen (secondary N) is 5. The summed E-state index contributed by atoms with van der Waals surface area (Å²) in [6.45, 7) is 1.38. The molecular weight excluding hydrogens is 574 g/mol. The topological polar surface area (TPSA) is 174 Å². The smallest absolute Gasteiger partial charge is 0.270 e. The molecule has 4 amide bonds. The van der Waals surface area contributed by atoms with E-state index in [0.29, 0.717) is 42.1 Å². The highest BCUT2D eigenvalue weighted by atomic mass is 16.2. The Morgan fingerprint density at radius 2 is 1.67 bits per heavy atom. The molecule has 13 nitrogen and oxygen atoms in total. The minimum atomic E-state index is -0.890. The maximum atomic E-state index is 13.9. The van der Waals surface area contributed by atoms with Crippen LogP contribution in [0.15, 0.2) is 79.3 Å². The minimum absolute atomic E-state index is 0.125. The van der Waals surface area contributed by atoms with Crippen molar-refractivity contribution in [3.8, 4) is 11.4 Å². The monoisotopic (exact) mass is 609 g/mol. The molecule has 2 aromatic heterocycles. The molecule has 0 radical (unpaired) electrons. The highest BCUT2D eigenvalue weighted by Crippen LogP contribution is 2.21. The van der Waals surface area contributed by atoms with Gasteiger partial charge in [0.1, 0.15) is 18.1 Å². The van der Waals surface area contributed by atoms with Crippen LogP contribution < -0.4 is 21.3 Å². The van der Waals surface area contributed by atoms with Gasteiger partial charge >= 0.3 is 0 Å². The molecule has 0 saturated heterocycles. The van der Waals surface area contributed by atoms with E-state index in [1.165, 1.54) is 12.5 Å². The predicted molar refractivity (Wildman–Crippen MR) is 167 cm³/mol. The Balaban J connectivity index is 1.37.